The average Bonchev–Trinajstić information content (AvgIpc) is 3.27. The zero-order chi connectivity index (χ0) is 48.4. The third-order valence-corrected chi connectivity index (χ3v) is 27.4. The first-order valence-electron chi connectivity index (χ1n) is 27.5. The topological polar surface area (TPSA) is 36.9 Å². The van der Waals surface area contributed by atoms with Gasteiger partial charge in [0.05, 0.1) is 13.2 Å². The molecule has 0 amide bonds. The number of ether oxygens (including phenoxy) is 2. The minimum atomic E-state index is -1.72. The van der Waals surface area contributed by atoms with Gasteiger partial charge in [-0.3, -0.25) is 0 Å². The van der Waals surface area contributed by atoms with E-state index in [1.165, 1.54) is 125 Å². The molecule has 66 heavy (non-hydrogen) atoms. The minimum Gasteiger partial charge on any atom is -0.494 e. The number of rotatable bonds is 37. The second-order valence-electron chi connectivity index (χ2n) is 21.8. The molecule has 0 aromatic heterocycles. The van der Waals surface area contributed by atoms with Crippen LogP contribution in [-0.4, -0.2) is 43.1 Å². The van der Waals surface area contributed by atoms with Crippen molar-refractivity contribution in [2.45, 2.75) is 245 Å². The molecule has 0 unspecified atom stereocenters. The predicted octanol–water partition coefficient (Wildman–Crippen LogP) is 19.3. The van der Waals surface area contributed by atoms with Crippen LogP contribution < -0.4 is 9.47 Å². The van der Waals surface area contributed by atoms with Gasteiger partial charge < -0.3 is 18.3 Å². The van der Waals surface area contributed by atoms with E-state index in [-0.39, 0.29) is 5.92 Å². The molecule has 0 aliphatic carbocycles. The fourth-order valence-electron chi connectivity index (χ4n) is 11.8. The second kappa shape index (κ2) is 31.7. The number of aryl methyl sites for hydroxylation is 1. The molecule has 3 aromatic rings. The van der Waals surface area contributed by atoms with Crippen LogP contribution in [0.1, 0.15) is 227 Å². The summed E-state index contributed by atoms with van der Waals surface area (Å²) in [5.41, 5.74) is 9.16. The highest BCUT2D eigenvalue weighted by atomic mass is 28.4. The predicted molar refractivity (Wildman–Crippen MR) is 293 cm³/mol. The summed E-state index contributed by atoms with van der Waals surface area (Å²) in [6, 6.07) is 26.4. The molecule has 3 rings (SSSR count). The van der Waals surface area contributed by atoms with Gasteiger partial charge in [0.25, 0.3) is 0 Å². The molecule has 0 bridgehead atoms. The van der Waals surface area contributed by atoms with Gasteiger partial charge in [0, 0.05) is 19.1 Å². The summed E-state index contributed by atoms with van der Waals surface area (Å²) in [5, 5.41) is 0. The summed E-state index contributed by atoms with van der Waals surface area (Å²) in [6.07, 6.45) is 22.9. The first-order chi connectivity index (χ1) is 31.7. The zero-order valence-corrected chi connectivity index (χ0v) is 47.2. The molecular weight excluding hydrogens is 841 g/mol. The fraction of sp³-hybridized carbons (Fsp3) is 0.700. The lowest BCUT2D eigenvalue weighted by Gasteiger charge is -2.42. The molecular formula is C60H102O4Si2. The standard InChI is InChI=1S/C60H102O4Si2/c1-48(2)65(49(3)4,50(5)6)63-44-32-26-22-18-14-16-20-24-30-42-61-57-39-34-37-55(46-57)60(59-41-29-28-36-54(59)13)56-38-35-40-58(47-56)62-43-31-25-21-17-15-19-23-27-33-45-64-66(51(7)8,52(9)10)53(11)12/h28-29,34-41,46-53,60H,14-27,30-33,42-45H2,1-13H3. The first-order valence-corrected chi connectivity index (χ1v) is 31.7. The molecule has 0 radical (unpaired) electrons. The van der Waals surface area contributed by atoms with Crippen LogP contribution in [0.2, 0.25) is 33.2 Å². The quantitative estimate of drug-likeness (QED) is 0.0328. The van der Waals surface area contributed by atoms with Crippen molar-refractivity contribution in [2.75, 3.05) is 26.4 Å². The van der Waals surface area contributed by atoms with E-state index < -0.39 is 16.6 Å². The van der Waals surface area contributed by atoms with E-state index in [1.54, 1.807) is 0 Å². The van der Waals surface area contributed by atoms with Crippen molar-refractivity contribution in [3.05, 3.63) is 95.1 Å². The Hall–Kier alpha value is -2.39. The summed E-state index contributed by atoms with van der Waals surface area (Å²) in [4.78, 5) is 0. The smallest absolute Gasteiger partial charge is 0.200 e. The molecule has 0 spiro atoms. The Kier molecular flexibility index (Phi) is 27.8. The monoisotopic (exact) mass is 943 g/mol. The highest BCUT2D eigenvalue weighted by Gasteiger charge is 2.45. The highest BCUT2D eigenvalue weighted by molar-refractivity contribution is 6.78. The van der Waals surface area contributed by atoms with E-state index in [9.17, 15) is 0 Å². The molecule has 0 aliphatic heterocycles. The second-order valence-corrected chi connectivity index (χ2v) is 32.7. The Balaban J connectivity index is 1.36. The van der Waals surface area contributed by atoms with Crippen LogP contribution in [0.5, 0.6) is 11.5 Å². The van der Waals surface area contributed by atoms with E-state index in [0.29, 0.717) is 33.2 Å². The van der Waals surface area contributed by atoms with Gasteiger partial charge in [-0.15, -0.1) is 0 Å². The van der Waals surface area contributed by atoms with Gasteiger partial charge in [-0.05, 0) is 112 Å². The van der Waals surface area contributed by atoms with Crippen LogP contribution in [0, 0.1) is 6.92 Å². The average molecular weight is 944 g/mol. The summed E-state index contributed by atoms with van der Waals surface area (Å²) in [5.74, 6) is 2.03. The van der Waals surface area contributed by atoms with Crippen molar-refractivity contribution in [3.8, 4) is 11.5 Å². The normalized spacial score (nSPS) is 12.6. The van der Waals surface area contributed by atoms with Crippen molar-refractivity contribution in [1.82, 2.24) is 0 Å². The third kappa shape index (κ3) is 18.5. The van der Waals surface area contributed by atoms with Gasteiger partial charge in [-0.25, -0.2) is 0 Å². The molecule has 0 fully saturated rings. The van der Waals surface area contributed by atoms with Crippen molar-refractivity contribution in [2.24, 2.45) is 0 Å². The molecule has 374 valence electrons. The maximum atomic E-state index is 6.77. The Morgan fingerprint density at radius 3 is 0.970 bits per heavy atom. The summed E-state index contributed by atoms with van der Waals surface area (Å²) in [7, 11) is -3.44. The van der Waals surface area contributed by atoms with Crippen molar-refractivity contribution in [1.29, 1.82) is 0 Å². The Labute approximate surface area is 410 Å². The molecule has 6 heteroatoms. The van der Waals surface area contributed by atoms with Gasteiger partial charge in [-0.2, -0.15) is 0 Å². The zero-order valence-electron chi connectivity index (χ0n) is 45.2. The van der Waals surface area contributed by atoms with Crippen LogP contribution in [0.3, 0.4) is 0 Å². The first kappa shape index (κ1) is 57.9. The van der Waals surface area contributed by atoms with Crippen molar-refractivity contribution < 1.29 is 18.3 Å². The summed E-state index contributed by atoms with van der Waals surface area (Å²) < 4.78 is 26.3. The van der Waals surface area contributed by atoms with Crippen molar-refractivity contribution in [3.63, 3.8) is 0 Å². The van der Waals surface area contributed by atoms with Crippen molar-refractivity contribution >= 4 is 16.6 Å². The Morgan fingerprint density at radius 2 is 0.652 bits per heavy atom. The van der Waals surface area contributed by atoms with E-state index in [4.69, 9.17) is 18.3 Å². The van der Waals surface area contributed by atoms with Gasteiger partial charge >= 0.3 is 0 Å². The van der Waals surface area contributed by atoms with E-state index in [0.717, 1.165) is 50.8 Å². The SMILES string of the molecule is Cc1ccccc1C(c1cccc(OCCCCCCCCCCCO[Si](C(C)C)(C(C)C)C(C)C)c1)c1cccc(OCCCCCCCCCCCO[Si](C(C)C)(C(C)C)C(C)C)c1. The van der Waals surface area contributed by atoms with Crippen LogP contribution in [0.15, 0.2) is 72.8 Å². The van der Waals surface area contributed by atoms with Gasteiger partial charge in [0.1, 0.15) is 11.5 Å². The number of unbranched alkanes of at least 4 members (excludes halogenated alkanes) is 16. The molecule has 3 aromatic carbocycles. The molecule has 0 saturated heterocycles. The lowest BCUT2D eigenvalue weighted by Crippen LogP contribution is -2.47. The molecule has 4 nitrogen and oxygen atoms in total. The van der Waals surface area contributed by atoms with E-state index in [1.807, 2.05) is 0 Å². The Morgan fingerprint density at radius 1 is 0.348 bits per heavy atom. The Bertz CT molecular complexity index is 1550. The minimum absolute atomic E-state index is 0.101. The largest absolute Gasteiger partial charge is 0.494 e. The lowest BCUT2D eigenvalue weighted by molar-refractivity contribution is 0.267. The molecule has 0 atom stereocenters. The number of hydrogen-bond donors (Lipinski definition) is 0. The molecule has 0 aliphatic rings. The van der Waals surface area contributed by atoms with E-state index in [2.05, 4.69) is 163 Å². The van der Waals surface area contributed by atoms with Crippen LogP contribution in [-0.2, 0) is 8.85 Å². The maximum Gasteiger partial charge on any atom is 0.200 e. The van der Waals surface area contributed by atoms with Crippen LogP contribution in [0.25, 0.3) is 0 Å². The van der Waals surface area contributed by atoms with Crippen LogP contribution in [0.4, 0.5) is 0 Å². The molecule has 0 saturated carbocycles. The third-order valence-electron chi connectivity index (χ3n) is 15.1. The van der Waals surface area contributed by atoms with Gasteiger partial charge in [-0.1, -0.05) is 222 Å². The molecule has 0 N–H and O–H groups in total. The lowest BCUT2D eigenvalue weighted by atomic mass is 9.83. The van der Waals surface area contributed by atoms with Gasteiger partial charge in [0.15, 0.2) is 16.6 Å². The highest BCUT2D eigenvalue weighted by Crippen LogP contribution is 2.44. The maximum absolute atomic E-state index is 6.77. The van der Waals surface area contributed by atoms with E-state index >= 15 is 0 Å². The molecule has 0 heterocycles. The number of hydrogen-bond acceptors (Lipinski definition) is 4. The van der Waals surface area contributed by atoms with Crippen LogP contribution >= 0.6 is 0 Å². The van der Waals surface area contributed by atoms with Gasteiger partial charge in [0.2, 0.25) is 0 Å². The fourth-order valence-corrected chi connectivity index (χ4v) is 22.8. The summed E-state index contributed by atoms with van der Waals surface area (Å²) >= 11 is 0. The summed E-state index contributed by atoms with van der Waals surface area (Å²) in [6.45, 7) is 34.3. The number of benzene rings is 3.